The summed E-state index contributed by atoms with van der Waals surface area (Å²) in [7, 11) is 0. The van der Waals surface area contributed by atoms with E-state index < -0.39 is 0 Å². The molecule has 0 atom stereocenters. The Kier molecular flexibility index (Phi) is 5.78. The van der Waals surface area contributed by atoms with Crippen molar-refractivity contribution >= 4 is 81.8 Å². The monoisotopic (exact) mass is 616 g/mol. The van der Waals surface area contributed by atoms with E-state index in [4.69, 9.17) is 0 Å². The molecule has 0 unspecified atom stereocenters. The Morgan fingerprint density at radius 2 is 1.06 bits per heavy atom. The fourth-order valence-electron chi connectivity index (χ4n) is 7.53. The van der Waals surface area contributed by atoms with Crippen LogP contribution in [0.5, 0.6) is 0 Å². The Balaban J connectivity index is 1.22. The highest BCUT2D eigenvalue weighted by atomic mass is 32.1. The second-order valence-electron chi connectivity index (χ2n) is 12.1. The summed E-state index contributed by atoms with van der Waals surface area (Å²) in [5.74, 6) is 0. The number of nitrogens with zero attached hydrogens (tertiary/aromatic N) is 2. The topological polar surface area (TPSA) is 8.17 Å². The van der Waals surface area contributed by atoms with Gasteiger partial charge in [-0.05, 0) is 93.2 Å². The van der Waals surface area contributed by atoms with Gasteiger partial charge in [-0.1, -0.05) is 109 Å². The number of benzene rings is 8. The molecule has 2 aromatic heterocycles. The van der Waals surface area contributed by atoms with Gasteiger partial charge < -0.3 is 9.47 Å². The van der Waals surface area contributed by atoms with Crippen molar-refractivity contribution in [3.8, 4) is 16.1 Å². The average molecular weight is 617 g/mol. The third kappa shape index (κ3) is 3.97. The molecule has 2 heterocycles. The Hall–Kier alpha value is -5.90. The molecule has 0 fully saturated rings. The molecule has 0 radical (unpaired) electrons. The van der Waals surface area contributed by atoms with Crippen LogP contribution >= 0.6 is 11.3 Å². The molecule has 0 saturated heterocycles. The van der Waals surface area contributed by atoms with Crippen LogP contribution in [0, 0.1) is 0 Å². The molecule has 0 aliphatic carbocycles. The Morgan fingerprint density at radius 3 is 1.83 bits per heavy atom. The number of aromatic nitrogens is 1. The molecule has 0 bridgehead atoms. The molecule has 3 heteroatoms. The zero-order valence-electron chi connectivity index (χ0n) is 25.5. The van der Waals surface area contributed by atoms with E-state index in [1.54, 1.807) is 0 Å². The van der Waals surface area contributed by atoms with Gasteiger partial charge in [0.1, 0.15) is 5.00 Å². The van der Waals surface area contributed by atoms with Crippen LogP contribution in [0.2, 0.25) is 0 Å². The van der Waals surface area contributed by atoms with Gasteiger partial charge in [-0.25, -0.2) is 0 Å². The predicted molar refractivity (Wildman–Crippen MR) is 202 cm³/mol. The first-order valence-electron chi connectivity index (χ1n) is 16.0. The van der Waals surface area contributed by atoms with E-state index in [9.17, 15) is 0 Å². The van der Waals surface area contributed by atoms with Gasteiger partial charge in [0, 0.05) is 38.1 Å². The van der Waals surface area contributed by atoms with E-state index in [1.807, 2.05) is 11.3 Å². The summed E-state index contributed by atoms with van der Waals surface area (Å²) in [6.07, 6.45) is 0. The van der Waals surface area contributed by atoms with Crippen LogP contribution < -0.4 is 4.90 Å². The fourth-order valence-corrected chi connectivity index (χ4v) is 8.62. The molecule has 0 N–H and O–H groups in total. The van der Waals surface area contributed by atoms with Crippen LogP contribution in [0.1, 0.15) is 0 Å². The minimum Gasteiger partial charge on any atom is -0.309 e. The predicted octanol–water partition coefficient (Wildman–Crippen LogP) is 12.9. The van der Waals surface area contributed by atoms with Crippen molar-refractivity contribution in [1.82, 2.24) is 4.57 Å². The first-order chi connectivity index (χ1) is 23.3. The van der Waals surface area contributed by atoms with Crippen molar-refractivity contribution < 1.29 is 0 Å². The molecule has 10 aromatic rings. The number of rotatable bonds is 5. The van der Waals surface area contributed by atoms with Crippen LogP contribution in [-0.4, -0.2) is 4.57 Å². The van der Waals surface area contributed by atoms with Gasteiger partial charge in [0.15, 0.2) is 0 Å². The minimum absolute atomic E-state index is 1.15. The zero-order chi connectivity index (χ0) is 30.9. The molecular formula is C44H28N2S. The second kappa shape index (κ2) is 10.3. The molecular weight excluding hydrogens is 589 g/mol. The molecule has 2 nitrogen and oxygen atoms in total. The molecule has 0 amide bonds. The van der Waals surface area contributed by atoms with Gasteiger partial charge in [0.2, 0.25) is 0 Å². The van der Waals surface area contributed by atoms with Crippen LogP contribution in [0.4, 0.5) is 16.4 Å². The van der Waals surface area contributed by atoms with E-state index in [0.29, 0.717) is 0 Å². The number of anilines is 3. The van der Waals surface area contributed by atoms with Crippen molar-refractivity contribution in [2.45, 2.75) is 0 Å². The first-order valence-corrected chi connectivity index (χ1v) is 16.8. The number of thiophene rings is 1. The maximum absolute atomic E-state index is 2.45. The lowest BCUT2D eigenvalue weighted by molar-refractivity contribution is 1.19. The quantitative estimate of drug-likeness (QED) is 0.175. The molecule has 10 rings (SSSR count). The van der Waals surface area contributed by atoms with Crippen molar-refractivity contribution in [3.05, 3.63) is 170 Å². The van der Waals surface area contributed by atoms with Crippen molar-refractivity contribution in [3.63, 3.8) is 0 Å². The molecule has 0 spiro atoms. The molecule has 0 aliphatic heterocycles. The lowest BCUT2D eigenvalue weighted by Gasteiger charge is -2.23. The zero-order valence-corrected chi connectivity index (χ0v) is 26.3. The summed E-state index contributed by atoms with van der Waals surface area (Å²) in [6.45, 7) is 0. The Labute approximate surface area is 276 Å². The molecule has 8 aromatic carbocycles. The second-order valence-corrected chi connectivity index (χ2v) is 13.2. The molecule has 220 valence electrons. The normalized spacial score (nSPS) is 11.8. The van der Waals surface area contributed by atoms with Crippen molar-refractivity contribution in [2.24, 2.45) is 0 Å². The average Bonchev–Trinajstić information content (AvgIpc) is 3.75. The van der Waals surface area contributed by atoms with E-state index in [-0.39, 0.29) is 0 Å². The third-order valence-electron chi connectivity index (χ3n) is 9.53. The Morgan fingerprint density at radius 1 is 0.447 bits per heavy atom. The van der Waals surface area contributed by atoms with E-state index >= 15 is 0 Å². The van der Waals surface area contributed by atoms with Crippen LogP contribution in [0.15, 0.2) is 170 Å². The van der Waals surface area contributed by atoms with Gasteiger partial charge in [0.25, 0.3) is 0 Å². The summed E-state index contributed by atoms with van der Waals surface area (Å²) in [5.41, 5.74) is 7.26. The summed E-state index contributed by atoms with van der Waals surface area (Å²) in [4.78, 5) is 3.61. The van der Waals surface area contributed by atoms with Gasteiger partial charge in [-0.3, -0.25) is 0 Å². The summed E-state index contributed by atoms with van der Waals surface area (Å²) < 4.78 is 2.45. The lowest BCUT2D eigenvalue weighted by atomic mass is 9.90. The molecule has 0 aliphatic rings. The lowest BCUT2D eigenvalue weighted by Crippen LogP contribution is -2.07. The van der Waals surface area contributed by atoms with Crippen molar-refractivity contribution in [2.75, 3.05) is 4.90 Å². The van der Waals surface area contributed by atoms with Gasteiger partial charge in [-0.2, -0.15) is 0 Å². The van der Waals surface area contributed by atoms with Crippen LogP contribution in [0.25, 0.3) is 70.3 Å². The SMILES string of the molecule is c1ccc(N(c2ccccc2)c2ccc(-c3ccc4ccc5cc6c7ccccc7n(-c7ccccc7)c6c6ccc3c4c56)s2)cc1. The van der Waals surface area contributed by atoms with Crippen LogP contribution in [0.3, 0.4) is 0 Å². The number of fused-ring (bicyclic) bond motifs is 4. The molecule has 47 heavy (non-hydrogen) atoms. The first kappa shape index (κ1) is 26.3. The van der Waals surface area contributed by atoms with Gasteiger partial charge in [0.05, 0.1) is 11.0 Å². The largest absolute Gasteiger partial charge is 0.309 e. The van der Waals surface area contributed by atoms with Crippen molar-refractivity contribution in [1.29, 1.82) is 0 Å². The standard InChI is InChI=1S/C44H28N2S/c1-4-12-31(13-5-1)45(32-14-6-2-7-15-32)41-27-26-40(47-41)35-23-22-29-20-21-30-28-38-34-18-10-11-19-39(34)46(33-16-8-3-9-17-33)44(38)37-25-24-36(35)42(29)43(30)37/h1-28H. The maximum atomic E-state index is 2.45. The van der Waals surface area contributed by atoms with Crippen LogP contribution in [-0.2, 0) is 0 Å². The highest BCUT2D eigenvalue weighted by Gasteiger charge is 2.21. The van der Waals surface area contributed by atoms with E-state index in [2.05, 4.69) is 179 Å². The number of hydrogen-bond donors (Lipinski definition) is 0. The minimum atomic E-state index is 1.15. The third-order valence-corrected chi connectivity index (χ3v) is 10.6. The highest BCUT2D eigenvalue weighted by molar-refractivity contribution is 7.19. The van der Waals surface area contributed by atoms with E-state index in [1.165, 1.54) is 75.3 Å². The molecule has 0 saturated carbocycles. The highest BCUT2D eigenvalue weighted by Crippen LogP contribution is 2.47. The summed E-state index contributed by atoms with van der Waals surface area (Å²) >= 11 is 1.84. The summed E-state index contributed by atoms with van der Waals surface area (Å²) in [5, 5.41) is 11.6. The fraction of sp³-hybridized carbons (Fsp3) is 0. The van der Waals surface area contributed by atoms with Gasteiger partial charge in [-0.15, -0.1) is 11.3 Å². The van der Waals surface area contributed by atoms with Gasteiger partial charge >= 0.3 is 0 Å². The Bertz CT molecular complexity index is 2680. The maximum Gasteiger partial charge on any atom is 0.101 e. The number of para-hydroxylation sites is 4. The summed E-state index contributed by atoms with van der Waals surface area (Å²) in [6, 6.07) is 61.8. The number of hydrogen-bond acceptors (Lipinski definition) is 2. The van der Waals surface area contributed by atoms with E-state index in [0.717, 1.165) is 11.4 Å². The smallest absolute Gasteiger partial charge is 0.101 e.